The molecule has 5 aromatic rings. The van der Waals surface area contributed by atoms with Crippen LogP contribution in [0, 0.1) is 5.41 Å². The normalized spacial score (nSPS) is 14.0. The van der Waals surface area contributed by atoms with Crippen LogP contribution in [0.15, 0.2) is 126 Å². The summed E-state index contributed by atoms with van der Waals surface area (Å²) in [6, 6.07) is 43.2. The minimum atomic E-state index is -0.104. The Kier molecular flexibility index (Phi) is 7.70. The predicted octanol–water partition coefficient (Wildman–Crippen LogP) is 12.1. The third-order valence-electron chi connectivity index (χ3n) is 10.3. The lowest BCUT2D eigenvalue weighted by molar-refractivity contribution is 0.466. The van der Waals surface area contributed by atoms with Crippen molar-refractivity contribution in [1.82, 2.24) is 0 Å². The number of hydrogen-bond donors (Lipinski definition) is 0. The maximum Gasteiger partial charge on any atom is 0.0146 e. The van der Waals surface area contributed by atoms with Crippen LogP contribution < -0.4 is 0 Å². The van der Waals surface area contributed by atoms with E-state index in [0.29, 0.717) is 11.8 Å². The molecule has 0 spiro atoms. The molecule has 0 aliphatic heterocycles. The maximum absolute atomic E-state index is 2.55. The first-order valence-corrected chi connectivity index (χ1v) is 16.7. The molecule has 5 aromatic carbocycles. The first-order valence-electron chi connectivity index (χ1n) is 16.7. The summed E-state index contributed by atoms with van der Waals surface area (Å²) in [6.45, 7) is 11.6. The lowest BCUT2D eigenvalue weighted by Crippen LogP contribution is -2.25. The average molecular weight is 585 g/mol. The quantitative estimate of drug-likeness (QED) is 0.170. The third kappa shape index (κ3) is 5.53. The number of hydrogen-bond acceptors (Lipinski definition) is 0. The Morgan fingerprint density at radius 2 is 1.00 bits per heavy atom. The summed E-state index contributed by atoms with van der Waals surface area (Å²) in [5.41, 5.74) is 18.1. The van der Waals surface area contributed by atoms with Crippen LogP contribution in [-0.2, 0) is 19.3 Å². The van der Waals surface area contributed by atoms with Crippen molar-refractivity contribution in [2.24, 2.45) is 5.41 Å². The van der Waals surface area contributed by atoms with Gasteiger partial charge in [-0.1, -0.05) is 173 Å². The van der Waals surface area contributed by atoms with Crippen LogP contribution in [0.3, 0.4) is 0 Å². The zero-order valence-corrected chi connectivity index (χ0v) is 27.4. The van der Waals surface area contributed by atoms with Crippen molar-refractivity contribution < 1.29 is 0 Å². The molecule has 2 aliphatic carbocycles. The second-order valence-corrected chi connectivity index (χ2v) is 14.0. The van der Waals surface area contributed by atoms with Crippen molar-refractivity contribution in [3.63, 3.8) is 0 Å². The van der Waals surface area contributed by atoms with E-state index in [-0.39, 0.29) is 5.41 Å². The molecule has 0 fully saturated rings. The third-order valence-corrected chi connectivity index (χ3v) is 10.3. The van der Waals surface area contributed by atoms with Crippen LogP contribution in [-0.4, -0.2) is 0 Å². The summed E-state index contributed by atoms with van der Waals surface area (Å²) in [5, 5.41) is 0. The zero-order valence-electron chi connectivity index (χ0n) is 27.4. The predicted molar refractivity (Wildman–Crippen MR) is 194 cm³/mol. The second-order valence-electron chi connectivity index (χ2n) is 14.0. The van der Waals surface area contributed by atoms with Gasteiger partial charge in [0.05, 0.1) is 0 Å². The van der Waals surface area contributed by atoms with Crippen LogP contribution in [0.25, 0.3) is 34.4 Å². The van der Waals surface area contributed by atoms with Gasteiger partial charge in [0.1, 0.15) is 0 Å². The van der Waals surface area contributed by atoms with Gasteiger partial charge >= 0.3 is 0 Å². The van der Waals surface area contributed by atoms with Gasteiger partial charge in [-0.05, 0) is 92.3 Å². The molecule has 0 N–H and O–H groups in total. The van der Waals surface area contributed by atoms with E-state index < -0.39 is 0 Å². The Morgan fingerprint density at radius 1 is 0.533 bits per heavy atom. The molecule has 7 rings (SSSR count). The fraction of sp³-hybridized carbons (Fsp3) is 0.244. The lowest BCUT2D eigenvalue weighted by Gasteiger charge is -2.34. The molecule has 0 bridgehead atoms. The van der Waals surface area contributed by atoms with Crippen molar-refractivity contribution in [3.05, 3.63) is 165 Å². The van der Waals surface area contributed by atoms with E-state index >= 15 is 0 Å². The molecule has 0 atom stereocenters. The van der Waals surface area contributed by atoms with E-state index in [0.717, 1.165) is 19.3 Å². The van der Waals surface area contributed by atoms with Crippen LogP contribution in [0.1, 0.15) is 85.4 Å². The number of rotatable bonds is 8. The SMILES string of the molecule is CC(C)c1cccc(-c2cccc3c2C=C(C(C)(Cc2ccccc2)C2=Cc4c(cccc4-c4cccc(C(C)C)c4)C2)C3)c1. The number of allylic oxidation sites excluding steroid dienone is 2. The minimum Gasteiger partial charge on any atom is -0.0622 e. The molecule has 224 valence electrons. The van der Waals surface area contributed by atoms with Crippen molar-refractivity contribution in [3.8, 4) is 22.3 Å². The summed E-state index contributed by atoms with van der Waals surface area (Å²) in [5.74, 6) is 1.02. The first-order chi connectivity index (χ1) is 21.8. The van der Waals surface area contributed by atoms with Crippen molar-refractivity contribution >= 4 is 12.2 Å². The largest absolute Gasteiger partial charge is 0.0622 e. The fourth-order valence-electron chi connectivity index (χ4n) is 7.52. The highest BCUT2D eigenvalue weighted by Gasteiger charge is 2.38. The Hall–Kier alpha value is -4.42. The molecule has 0 nitrogen and oxygen atoms in total. The van der Waals surface area contributed by atoms with E-state index in [2.05, 4.69) is 162 Å². The van der Waals surface area contributed by atoms with Crippen LogP contribution in [0.2, 0.25) is 0 Å². The van der Waals surface area contributed by atoms with Gasteiger partial charge in [-0.3, -0.25) is 0 Å². The molecule has 0 saturated carbocycles. The van der Waals surface area contributed by atoms with Gasteiger partial charge in [0.15, 0.2) is 0 Å². The van der Waals surface area contributed by atoms with Crippen LogP contribution in [0.5, 0.6) is 0 Å². The van der Waals surface area contributed by atoms with Crippen molar-refractivity contribution in [2.75, 3.05) is 0 Å². The standard InChI is InChI=1S/C45H44/c1-30(2)33-15-9-17-35(23-33)41-21-11-19-37-25-39(27-43(37)41)45(5,29-32-13-7-6-8-14-32)40-26-38-20-12-22-42(44(38)28-40)36-18-10-16-34(24-36)31(3)4/h6-24,27-28,30-31H,25-26,29H2,1-5H3. The topological polar surface area (TPSA) is 0 Å². The molecule has 2 aliphatic rings. The Morgan fingerprint density at radius 3 is 1.47 bits per heavy atom. The van der Waals surface area contributed by atoms with E-state index in [4.69, 9.17) is 0 Å². The smallest absolute Gasteiger partial charge is 0.0146 e. The Bertz CT molecular complexity index is 1810. The maximum atomic E-state index is 2.55. The molecule has 0 radical (unpaired) electrons. The van der Waals surface area contributed by atoms with Crippen molar-refractivity contribution in [2.45, 2.75) is 65.7 Å². The Labute approximate surface area is 270 Å². The zero-order chi connectivity index (χ0) is 31.1. The van der Waals surface area contributed by atoms with E-state index in [1.165, 1.54) is 72.3 Å². The molecular formula is C45H44. The summed E-state index contributed by atoms with van der Waals surface area (Å²) in [6.07, 6.45) is 8.07. The molecule has 45 heavy (non-hydrogen) atoms. The van der Waals surface area contributed by atoms with E-state index in [9.17, 15) is 0 Å². The summed E-state index contributed by atoms with van der Waals surface area (Å²) in [4.78, 5) is 0. The molecular weight excluding hydrogens is 540 g/mol. The van der Waals surface area contributed by atoms with Gasteiger partial charge in [-0.2, -0.15) is 0 Å². The van der Waals surface area contributed by atoms with Crippen LogP contribution >= 0.6 is 0 Å². The van der Waals surface area contributed by atoms with Gasteiger partial charge < -0.3 is 0 Å². The molecule has 0 saturated heterocycles. The number of benzene rings is 5. The average Bonchev–Trinajstić information content (AvgIpc) is 3.71. The van der Waals surface area contributed by atoms with Crippen molar-refractivity contribution in [1.29, 1.82) is 0 Å². The Balaban J connectivity index is 1.33. The highest BCUT2D eigenvalue weighted by Crippen LogP contribution is 2.50. The summed E-state index contributed by atoms with van der Waals surface area (Å²) >= 11 is 0. The molecule has 0 amide bonds. The number of fused-ring (bicyclic) bond motifs is 2. The monoisotopic (exact) mass is 584 g/mol. The lowest BCUT2D eigenvalue weighted by atomic mass is 9.70. The highest BCUT2D eigenvalue weighted by molar-refractivity contribution is 5.85. The summed E-state index contributed by atoms with van der Waals surface area (Å²) in [7, 11) is 0. The highest BCUT2D eigenvalue weighted by atomic mass is 14.4. The van der Waals surface area contributed by atoms with Gasteiger partial charge in [0, 0.05) is 5.41 Å². The fourth-order valence-corrected chi connectivity index (χ4v) is 7.52. The molecule has 0 heterocycles. The van der Waals surface area contributed by atoms with E-state index in [1.54, 1.807) is 0 Å². The van der Waals surface area contributed by atoms with Gasteiger partial charge in [0.2, 0.25) is 0 Å². The van der Waals surface area contributed by atoms with Gasteiger partial charge in [-0.25, -0.2) is 0 Å². The first kappa shape index (κ1) is 29.3. The molecule has 0 heteroatoms. The van der Waals surface area contributed by atoms with Gasteiger partial charge in [0.25, 0.3) is 0 Å². The minimum absolute atomic E-state index is 0.104. The van der Waals surface area contributed by atoms with Crippen LogP contribution in [0.4, 0.5) is 0 Å². The molecule has 0 aromatic heterocycles. The second kappa shape index (κ2) is 11.8. The molecule has 0 unspecified atom stereocenters. The van der Waals surface area contributed by atoms with Gasteiger partial charge in [-0.15, -0.1) is 0 Å². The van der Waals surface area contributed by atoms with E-state index in [1.807, 2.05) is 0 Å². The summed E-state index contributed by atoms with van der Waals surface area (Å²) < 4.78 is 0.